The quantitative estimate of drug-likeness (QED) is 0.740. The van der Waals surface area contributed by atoms with Crippen molar-refractivity contribution in [3.63, 3.8) is 0 Å². The number of nitrogens with zero attached hydrogens (tertiary/aromatic N) is 2. The highest BCUT2D eigenvalue weighted by molar-refractivity contribution is 9.10. The molecule has 0 aliphatic rings. The first-order valence-electron chi connectivity index (χ1n) is 3.05. The van der Waals surface area contributed by atoms with Crippen LogP contribution in [0.4, 0.5) is 0 Å². The zero-order valence-corrected chi connectivity index (χ0v) is 7.64. The van der Waals surface area contributed by atoms with Crippen LogP contribution in [0.25, 0.3) is 0 Å². The highest BCUT2D eigenvalue weighted by Crippen LogP contribution is 2.17. The fourth-order valence-corrected chi connectivity index (χ4v) is 1.16. The van der Waals surface area contributed by atoms with Crippen LogP contribution in [0.3, 0.4) is 0 Å². The van der Waals surface area contributed by atoms with E-state index in [2.05, 4.69) is 21.0 Å². The summed E-state index contributed by atoms with van der Waals surface area (Å²) in [5, 5.41) is 4.17. The Morgan fingerprint density at radius 1 is 1.70 bits per heavy atom. The number of aromatic nitrogens is 2. The van der Waals surface area contributed by atoms with Gasteiger partial charge in [-0.1, -0.05) is 0 Å². The van der Waals surface area contributed by atoms with Gasteiger partial charge in [-0.2, -0.15) is 5.10 Å². The molecule has 0 radical (unpaired) electrons. The Morgan fingerprint density at radius 3 is 2.50 bits per heavy atom. The van der Waals surface area contributed by atoms with Gasteiger partial charge in [0.1, 0.15) is 4.60 Å². The molecule has 1 heterocycles. The lowest BCUT2D eigenvalue weighted by atomic mass is 10.3. The molecular formula is C6H10BrN3. The van der Waals surface area contributed by atoms with Crippen LogP contribution in [-0.2, 0) is 13.6 Å². The van der Waals surface area contributed by atoms with E-state index < -0.39 is 0 Å². The van der Waals surface area contributed by atoms with E-state index >= 15 is 0 Å². The highest BCUT2D eigenvalue weighted by Gasteiger charge is 2.06. The van der Waals surface area contributed by atoms with Gasteiger partial charge in [-0.05, 0) is 22.9 Å². The van der Waals surface area contributed by atoms with E-state index in [0.717, 1.165) is 15.9 Å². The molecule has 56 valence electrons. The summed E-state index contributed by atoms with van der Waals surface area (Å²) in [5.74, 6) is 0. The van der Waals surface area contributed by atoms with Gasteiger partial charge >= 0.3 is 0 Å². The second-order valence-corrected chi connectivity index (χ2v) is 2.94. The molecule has 1 aromatic heterocycles. The van der Waals surface area contributed by atoms with Crippen LogP contribution >= 0.6 is 15.9 Å². The topological polar surface area (TPSA) is 43.8 Å². The third-order valence-electron chi connectivity index (χ3n) is 1.49. The van der Waals surface area contributed by atoms with Crippen molar-refractivity contribution < 1.29 is 0 Å². The molecule has 0 saturated carbocycles. The van der Waals surface area contributed by atoms with Crippen molar-refractivity contribution in [1.29, 1.82) is 0 Å². The normalized spacial score (nSPS) is 10.4. The molecule has 0 amide bonds. The van der Waals surface area contributed by atoms with Gasteiger partial charge < -0.3 is 5.73 Å². The molecule has 10 heavy (non-hydrogen) atoms. The third-order valence-corrected chi connectivity index (χ3v) is 2.60. The first-order valence-corrected chi connectivity index (χ1v) is 3.84. The van der Waals surface area contributed by atoms with E-state index in [1.807, 2.05) is 14.0 Å². The van der Waals surface area contributed by atoms with E-state index in [1.165, 1.54) is 0 Å². The van der Waals surface area contributed by atoms with Gasteiger partial charge in [0.15, 0.2) is 0 Å². The van der Waals surface area contributed by atoms with Crippen molar-refractivity contribution in [2.75, 3.05) is 0 Å². The van der Waals surface area contributed by atoms with Gasteiger partial charge in [0.25, 0.3) is 0 Å². The smallest absolute Gasteiger partial charge is 0.106 e. The Morgan fingerprint density at radius 2 is 2.30 bits per heavy atom. The first kappa shape index (κ1) is 7.75. The lowest BCUT2D eigenvalue weighted by molar-refractivity contribution is 0.728. The van der Waals surface area contributed by atoms with Crippen molar-refractivity contribution in [1.82, 2.24) is 9.78 Å². The molecule has 0 aliphatic carbocycles. The van der Waals surface area contributed by atoms with Crippen molar-refractivity contribution in [3.05, 3.63) is 15.9 Å². The van der Waals surface area contributed by atoms with Crippen LogP contribution in [0, 0.1) is 6.92 Å². The van der Waals surface area contributed by atoms with Gasteiger partial charge in [0, 0.05) is 19.2 Å². The van der Waals surface area contributed by atoms with E-state index in [4.69, 9.17) is 5.73 Å². The maximum atomic E-state index is 5.44. The Bertz CT molecular complexity index is 241. The van der Waals surface area contributed by atoms with Crippen molar-refractivity contribution in [2.45, 2.75) is 13.5 Å². The first-order chi connectivity index (χ1) is 4.66. The van der Waals surface area contributed by atoms with E-state index in [0.29, 0.717) is 6.54 Å². The standard InChI is InChI=1S/C6H10BrN3/c1-4-5(3-8)9-10(2)6(4)7/h3,8H2,1-2H3. The average molecular weight is 204 g/mol. The summed E-state index contributed by atoms with van der Waals surface area (Å²) >= 11 is 3.39. The zero-order chi connectivity index (χ0) is 7.72. The SMILES string of the molecule is Cc1c(CN)nn(C)c1Br. The third kappa shape index (κ3) is 1.09. The molecule has 0 fully saturated rings. The molecule has 0 unspecified atom stereocenters. The average Bonchev–Trinajstić information content (AvgIpc) is 2.17. The Kier molecular flexibility index (Phi) is 2.11. The molecule has 0 aliphatic heterocycles. The predicted molar refractivity (Wildman–Crippen MR) is 43.5 cm³/mol. The summed E-state index contributed by atoms with van der Waals surface area (Å²) in [6, 6.07) is 0. The summed E-state index contributed by atoms with van der Waals surface area (Å²) in [6.45, 7) is 2.50. The maximum absolute atomic E-state index is 5.44. The van der Waals surface area contributed by atoms with Crippen LogP contribution in [0.5, 0.6) is 0 Å². The maximum Gasteiger partial charge on any atom is 0.106 e. The Hall–Kier alpha value is -0.350. The summed E-state index contributed by atoms with van der Waals surface area (Å²) in [7, 11) is 1.89. The minimum absolute atomic E-state index is 0.505. The Labute approximate surface area is 68.3 Å². The van der Waals surface area contributed by atoms with Crippen molar-refractivity contribution in [3.8, 4) is 0 Å². The van der Waals surface area contributed by atoms with E-state index in [1.54, 1.807) is 4.68 Å². The van der Waals surface area contributed by atoms with Crippen LogP contribution in [0.2, 0.25) is 0 Å². The fourth-order valence-electron chi connectivity index (χ4n) is 0.856. The molecule has 0 saturated heterocycles. The summed E-state index contributed by atoms with van der Waals surface area (Å²) in [4.78, 5) is 0. The Balaban J connectivity index is 3.17. The molecular weight excluding hydrogens is 194 g/mol. The van der Waals surface area contributed by atoms with Crippen LogP contribution in [0.15, 0.2) is 4.60 Å². The predicted octanol–water partition coefficient (Wildman–Crippen LogP) is 0.950. The molecule has 0 aromatic carbocycles. The van der Waals surface area contributed by atoms with E-state index in [9.17, 15) is 0 Å². The minimum atomic E-state index is 0.505. The molecule has 2 N–H and O–H groups in total. The molecule has 0 spiro atoms. The van der Waals surface area contributed by atoms with Gasteiger partial charge in [0.05, 0.1) is 5.69 Å². The van der Waals surface area contributed by atoms with Gasteiger partial charge in [0.2, 0.25) is 0 Å². The summed E-state index contributed by atoms with van der Waals surface area (Å²) in [5.41, 5.74) is 7.52. The largest absolute Gasteiger partial charge is 0.325 e. The molecule has 3 nitrogen and oxygen atoms in total. The summed E-state index contributed by atoms with van der Waals surface area (Å²) in [6.07, 6.45) is 0. The lowest BCUT2D eigenvalue weighted by Gasteiger charge is -1.88. The zero-order valence-electron chi connectivity index (χ0n) is 6.06. The monoisotopic (exact) mass is 203 g/mol. The molecule has 0 atom stereocenters. The second-order valence-electron chi connectivity index (χ2n) is 2.19. The van der Waals surface area contributed by atoms with E-state index in [-0.39, 0.29) is 0 Å². The van der Waals surface area contributed by atoms with Crippen LogP contribution < -0.4 is 5.73 Å². The van der Waals surface area contributed by atoms with Crippen molar-refractivity contribution in [2.24, 2.45) is 12.8 Å². The number of hydrogen-bond donors (Lipinski definition) is 1. The highest BCUT2D eigenvalue weighted by atomic mass is 79.9. The summed E-state index contributed by atoms with van der Waals surface area (Å²) < 4.78 is 2.78. The van der Waals surface area contributed by atoms with Gasteiger partial charge in [-0.3, -0.25) is 4.68 Å². The fraction of sp³-hybridized carbons (Fsp3) is 0.500. The number of halogens is 1. The van der Waals surface area contributed by atoms with Crippen LogP contribution in [-0.4, -0.2) is 9.78 Å². The number of nitrogens with two attached hydrogens (primary N) is 1. The second kappa shape index (κ2) is 2.72. The van der Waals surface area contributed by atoms with Gasteiger partial charge in [-0.15, -0.1) is 0 Å². The van der Waals surface area contributed by atoms with Gasteiger partial charge in [-0.25, -0.2) is 0 Å². The number of rotatable bonds is 1. The lowest BCUT2D eigenvalue weighted by Crippen LogP contribution is -1.99. The number of hydrogen-bond acceptors (Lipinski definition) is 2. The molecule has 1 rings (SSSR count). The van der Waals surface area contributed by atoms with Crippen molar-refractivity contribution >= 4 is 15.9 Å². The molecule has 0 bridgehead atoms. The van der Waals surface area contributed by atoms with Crippen LogP contribution in [0.1, 0.15) is 11.3 Å². The number of aryl methyl sites for hydroxylation is 1. The molecule has 1 aromatic rings. The molecule has 4 heteroatoms. The minimum Gasteiger partial charge on any atom is -0.325 e.